The fraction of sp³-hybridized carbons (Fsp3) is 0.706. The number of hydrogen-bond donors (Lipinski definition) is 4. The number of hydrogen-bond acceptors (Lipinski definition) is 6. The first-order valence-corrected chi connectivity index (χ1v) is 8.70. The number of nitrogens with one attached hydrogen (secondary N) is 2. The molecule has 0 spiro atoms. The summed E-state index contributed by atoms with van der Waals surface area (Å²) in [5, 5.41) is 16.5. The molecule has 134 valence electrons. The Kier molecular flexibility index (Phi) is 5.99. The van der Waals surface area contributed by atoms with E-state index in [4.69, 9.17) is 5.73 Å². The maximum absolute atomic E-state index is 11.7. The van der Waals surface area contributed by atoms with Crippen molar-refractivity contribution in [2.75, 3.05) is 10.6 Å². The summed E-state index contributed by atoms with van der Waals surface area (Å²) < 4.78 is 0. The van der Waals surface area contributed by atoms with Gasteiger partial charge < -0.3 is 21.5 Å². The van der Waals surface area contributed by atoms with Gasteiger partial charge in [-0.1, -0.05) is 19.8 Å². The number of aromatic nitrogens is 2. The highest BCUT2D eigenvalue weighted by atomic mass is 16.3. The van der Waals surface area contributed by atoms with Gasteiger partial charge in [0.05, 0.1) is 11.7 Å². The summed E-state index contributed by atoms with van der Waals surface area (Å²) in [6, 6.07) is 0.0718. The third-order valence-corrected chi connectivity index (χ3v) is 4.63. The van der Waals surface area contributed by atoms with Crippen LogP contribution >= 0.6 is 0 Å². The maximum Gasteiger partial charge on any atom is 0.254 e. The van der Waals surface area contributed by atoms with Gasteiger partial charge in [-0.2, -0.15) is 4.98 Å². The third-order valence-electron chi connectivity index (χ3n) is 4.63. The van der Waals surface area contributed by atoms with E-state index >= 15 is 0 Å². The van der Waals surface area contributed by atoms with E-state index in [1.807, 2.05) is 0 Å². The molecule has 7 nitrogen and oxygen atoms in total. The predicted octanol–water partition coefficient (Wildman–Crippen LogP) is 2.28. The van der Waals surface area contributed by atoms with Gasteiger partial charge in [0.2, 0.25) is 5.95 Å². The first-order chi connectivity index (χ1) is 11.3. The normalized spacial score (nSPS) is 21.8. The Morgan fingerprint density at radius 2 is 2.12 bits per heavy atom. The molecule has 0 saturated heterocycles. The van der Waals surface area contributed by atoms with Crippen LogP contribution in [0.3, 0.4) is 0 Å². The van der Waals surface area contributed by atoms with Gasteiger partial charge in [0, 0.05) is 17.8 Å². The maximum atomic E-state index is 11.7. The van der Waals surface area contributed by atoms with Crippen LogP contribution in [0.1, 0.15) is 69.7 Å². The molecular formula is C17H29N5O2. The number of anilines is 2. The Morgan fingerprint density at radius 1 is 1.42 bits per heavy atom. The van der Waals surface area contributed by atoms with Crippen LogP contribution in [0.2, 0.25) is 0 Å². The van der Waals surface area contributed by atoms with Gasteiger partial charge in [-0.3, -0.25) is 4.79 Å². The molecule has 0 aliphatic heterocycles. The lowest BCUT2D eigenvalue weighted by Gasteiger charge is -2.25. The monoisotopic (exact) mass is 335 g/mol. The highest BCUT2D eigenvalue weighted by Crippen LogP contribution is 2.24. The number of primary amides is 1. The van der Waals surface area contributed by atoms with Crippen LogP contribution in [0.15, 0.2) is 6.20 Å². The lowest BCUT2D eigenvalue weighted by atomic mass is 10.0. The Balaban J connectivity index is 2.22. The van der Waals surface area contributed by atoms with E-state index in [1.165, 1.54) is 6.20 Å². The zero-order valence-electron chi connectivity index (χ0n) is 14.8. The van der Waals surface area contributed by atoms with Crippen molar-refractivity contribution in [3.63, 3.8) is 0 Å². The van der Waals surface area contributed by atoms with E-state index in [-0.39, 0.29) is 23.2 Å². The van der Waals surface area contributed by atoms with Crippen molar-refractivity contribution in [1.82, 2.24) is 9.97 Å². The molecule has 1 aliphatic rings. The molecule has 1 aliphatic carbocycles. The molecule has 7 heteroatoms. The van der Waals surface area contributed by atoms with Crippen molar-refractivity contribution in [2.24, 2.45) is 5.73 Å². The van der Waals surface area contributed by atoms with Gasteiger partial charge in [-0.15, -0.1) is 0 Å². The fourth-order valence-electron chi connectivity index (χ4n) is 2.78. The minimum atomic E-state index is -0.562. The van der Waals surface area contributed by atoms with Gasteiger partial charge in [0.25, 0.3) is 5.91 Å². The number of carbonyl (C=O) groups excluding carboxylic acids is 1. The quantitative estimate of drug-likeness (QED) is 0.593. The molecule has 5 N–H and O–H groups in total. The molecule has 1 aromatic rings. The summed E-state index contributed by atoms with van der Waals surface area (Å²) >= 11 is 0. The van der Waals surface area contributed by atoms with E-state index in [1.54, 1.807) is 0 Å². The van der Waals surface area contributed by atoms with Crippen LogP contribution < -0.4 is 16.4 Å². The Labute approximate surface area is 143 Å². The minimum absolute atomic E-state index is 0.0718. The van der Waals surface area contributed by atoms with Crippen molar-refractivity contribution in [1.29, 1.82) is 0 Å². The minimum Gasteiger partial charge on any atom is -0.393 e. The summed E-state index contributed by atoms with van der Waals surface area (Å²) in [4.78, 5) is 20.3. The Hall–Kier alpha value is -1.89. The van der Waals surface area contributed by atoms with E-state index < -0.39 is 5.91 Å². The molecule has 1 fully saturated rings. The first-order valence-electron chi connectivity index (χ1n) is 8.70. The van der Waals surface area contributed by atoms with Crippen molar-refractivity contribution in [3.05, 3.63) is 11.8 Å². The fourth-order valence-corrected chi connectivity index (χ4v) is 2.78. The van der Waals surface area contributed by atoms with E-state index in [9.17, 15) is 9.90 Å². The first kappa shape index (κ1) is 18.4. The summed E-state index contributed by atoms with van der Waals surface area (Å²) in [6.45, 7) is 6.21. The summed E-state index contributed by atoms with van der Waals surface area (Å²) in [5.74, 6) is 0.336. The smallest absolute Gasteiger partial charge is 0.254 e. The summed E-state index contributed by atoms with van der Waals surface area (Å²) in [5.41, 5.74) is 5.58. The molecule has 2 rings (SSSR count). The molecule has 1 heterocycles. The van der Waals surface area contributed by atoms with Gasteiger partial charge >= 0.3 is 0 Å². The number of rotatable bonds is 6. The summed E-state index contributed by atoms with van der Waals surface area (Å²) in [6.07, 6.45) is 6.50. The topological polar surface area (TPSA) is 113 Å². The number of aliphatic hydroxyl groups is 1. The number of amides is 1. The molecule has 0 aromatic carbocycles. The second-order valence-electron chi connectivity index (χ2n) is 7.20. The van der Waals surface area contributed by atoms with Crippen LogP contribution in [0.5, 0.6) is 0 Å². The number of carbonyl (C=O) groups is 1. The molecule has 1 saturated carbocycles. The second kappa shape index (κ2) is 7.79. The van der Waals surface area contributed by atoms with Crippen molar-refractivity contribution in [3.8, 4) is 0 Å². The molecule has 0 radical (unpaired) electrons. The van der Waals surface area contributed by atoms with Crippen molar-refractivity contribution in [2.45, 2.75) is 77.0 Å². The molecule has 1 amide bonds. The van der Waals surface area contributed by atoms with Crippen LogP contribution in [0, 0.1) is 0 Å². The third kappa shape index (κ3) is 5.06. The lowest BCUT2D eigenvalue weighted by molar-refractivity contribution is 0.100. The number of nitrogens with zero attached hydrogens (tertiary/aromatic N) is 2. The predicted molar refractivity (Wildman–Crippen MR) is 95.0 cm³/mol. The number of aliphatic hydroxyl groups excluding tert-OH is 1. The van der Waals surface area contributed by atoms with E-state index in [0.29, 0.717) is 18.2 Å². The van der Waals surface area contributed by atoms with Gasteiger partial charge in [-0.05, 0) is 39.5 Å². The average Bonchev–Trinajstić information content (AvgIpc) is 2.71. The van der Waals surface area contributed by atoms with Gasteiger partial charge in [0.15, 0.2) is 0 Å². The zero-order valence-corrected chi connectivity index (χ0v) is 14.8. The summed E-state index contributed by atoms with van der Waals surface area (Å²) in [7, 11) is 0. The zero-order chi connectivity index (χ0) is 17.7. The van der Waals surface area contributed by atoms with Crippen LogP contribution in [-0.4, -0.2) is 38.7 Å². The van der Waals surface area contributed by atoms with Crippen LogP contribution in [0.25, 0.3) is 0 Å². The standard InChI is InChI=1S/C17H29N5O2/c1-4-17(2,3)22-16-19-10-13(14(18)24)15(21-16)20-11-7-5-6-8-12(23)9-11/h10-12,23H,4-9H2,1-3H3,(H2,18,24)(H2,19,20,21,22)/t11-,12+/m1/s1. The van der Waals surface area contributed by atoms with Gasteiger partial charge in [-0.25, -0.2) is 4.98 Å². The molecule has 24 heavy (non-hydrogen) atoms. The Bertz CT molecular complexity index is 576. The van der Waals surface area contributed by atoms with Crippen LogP contribution in [-0.2, 0) is 0 Å². The molecule has 0 bridgehead atoms. The molecule has 2 atom stereocenters. The second-order valence-corrected chi connectivity index (χ2v) is 7.20. The van der Waals surface area contributed by atoms with Gasteiger partial charge in [0.1, 0.15) is 5.82 Å². The van der Waals surface area contributed by atoms with E-state index in [0.717, 1.165) is 32.1 Å². The van der Waals surface area contributed by atoms with E-state index in [2.05, 4.69) is 41.4 Å². The highest BCUT2D eigenvalue weighted by Gasteiger charge is 2.22. The largest absolute Gasteiger partial charge is 0.393 e. The van der Waals surface area contributed by atoms with Crippen molar-refractivity contribution < 1.29 is 9.90 Å². The Morgan fingerprint density at radius 3 is 2.79 bits per heavy atom. The SMILES string of the molecule is CCC(C)(C)Nc1ncc(C(N)=O)c(N[C@@H]2CCCC[C@H](O)C2)n1. The lowest BCUT2D eigenvalue weighted by Crippen LogP contribution is -2.31. The van der Waals surface area contributed by atoms with Crippen molar-refractivity contribution >= 4 is 17.7 Å². The molecular weight excluding hydrogens is 306 g/mol. The van der Waals surface area contributed by atoms with Crippen LogP contribution in [0.4, 0.5) is 11.8 Å². The average molecular weight is 335 g/mol. The molecule has 0 unspecified atom stereocenters. The highest BCUT2D eigenvalue weighted by molar-refractivity contribution is 5.97. The number of nitrogens with two attached hydrogens (primary N) is 1. The molecule has 1 aromatic heterocycles.